The summed E-state index contributed by atoms with van der Waals surface area (Å²) in [6.45, 7) is 2.70. The summed E-state index contributed by atoms with van der Waals surface area (Å²) in [6, 6.07) is 14.5. The van der Waals surface area contributed by atoms with Gasteiger partial charge in [0.2, 0.25) is 0 Å². The van der Waals surface area contributed by atoms with Crippen LogP contribution in [0, 0.1) is 11.3 Å². The first-order valence-corrected chi connectivity index (χ1v) is 7.29. The van der Waals surface area contributed by atoms with Gasteiger partial charge in [0.15, 0.2) is 0 Å². The number of amides is 1. The lowest BCUT2D eigenvalue weighted by atomic mass is 10.1. The van der Waals surface area contributed by atoms with Gasteiger partial charge in [0.1, 0.15) is 6.07 Å². The number of nitrogens with one attached hydrogen (secondary N) is 2. The highest BCUT2D eigenvalue weighted by Gasteiger charge is 2.12. The van der Waals surface area contributed by atoms with Gasteiger partial charge in [0.05, 0.1) is 16.8 Å². The molecule has 0 aliphatic heterocycles. The van der Waals surface area contributed by atoms with Crippen LogP contribution in [0.3, 0.4) is 0 Å². The molecule has 5 heteroatoms. The van der Waals surface area contributed by atoms with Gasteiger partial charge in [-0.25, -0.2) is 0 Å². The lowest BCUT2D eigenvalue weighted by molar-refractivity contribution is 0.102. The number of carbonyl (C=O) groups excluding carboxylic acids is 1. The Kier molecular flexibility index (Phi) is 4.96. The third-order valence-electron chi connectivity index (χ3n) is 2.89. The molecule has 4 nitrogen and oxygen atoms in total. The molecule has 0 aliphatic carbocycles. The fourth-order valence-electron chi connectivity index (χ4n) is 1.93. The standard InChI is InChI=1S/C16H14BrN3O/c1-2-19-15-6-4-3-5-13(15)16(21)20-14-8-7-12(17)9-11(14)10-18/h3-9,19H,2H2,1H3,(H,20,21). The Labute approximate surface area is 131 Å². The molecule has 0 bridgehead atoms. The molecule has 0 saturated heterocycles. The van der Waals surface area contributed by atoms with E-state index in [1.54, 1.807) is 24.3 Å². The van der Waals surface area contributed by atoms with Crippen molar-refractivity contribution in [3.8, 4) is 6.07 Å². The third-order valence-corrected chi connectivity index (χ3v) is 3.38. The number of hydrogen-bond donors (Lipinski definition) is 2. The van der Waals surface area contributed by atoms with Crippen LogP contribution in [0.2, 0.25) is 0 Å². The van der Waals surface area contributed by atoms with Gasteiger partial charge in [-0.3, -0.25) is 4.79 Å². The van der Waals surface area contributed by atoms with Gasteiger partial charge in [-0.2, -0.15) is 5.26 Å². The summed E-state index contributed by atoms with van der Waals surface area (Å²) in [5.74, 6) is -0.245. The van der Waals surface area contributed by atoms with Crippen molar-refractivity contribution in [2.24, 2.45) is 0 Å². The molecular weight excluding hydrogens is 330 g/mol. The Hall–Kier alpha value is -2.32. The highest BCUT2D eigenvalue weighted by molar-refractivity contribution is 9.10. The van der Waals surface area contributed by atoms with Crippen LogP contribution < -0.4 is 10.6 Å². The summed E-state index contributed by atoms with van der Waals surface area (Å²) < 4.78 is 0.796. The monoisotopic (exact) mass is 343 g/mol. The average Bonchev–Trinajstić information content (AvgIpc) is 2.49. The first-order chi connectivity index (χ1) is 10.2. The van der Waals surface area contributed by atoms with E-state index in [0.29, 0.717) is 16.8 Å². The maximum absolute atomic E-state index is 12.4. The first kappa shape index (κ1) is 15.1. The lowest BCUT2D eigenvalue weighted by Crippen LogP contribution is -2.15. The van der Waals surface area contributed by atoms with Crippen LogP contribution in [0.5, 0.6) is 0 Å². The Morgan fingerprint density at radius 2 is 2.00 bits per heavy atom. The zero-order valence-electron chi connectivity index (χ0n) is 11.5. The van der Waals surface area contributed by atoms with E-state index in [0.717, 1.165) is 16.7 Å². The molecule has 0 fully saturated rings. The predicted octanol–water partition coefficient (Wildman–Crippen LogP) is 4.00. The fraction of sp³-hybridized carbons (Fsp3) is 0.125. The molecule has 0 aliphatic rings. The van der Waals surface area contributed by atoms with E-state index in [9.17, 15) is 4.79 Å². The van der Waals surface area contributed by atoms with E-state index in [4.69, 9.17) is 5.26 Å². The van der Waals surface area contributed by atoms with Crippen molar-refractivity contribution < 1.29 is 4.79 Å². The molecule has 2 N–H and O–H groups in total. The van der Waals surface area contributed by atoms with E-state index in [-0.39, 0.29) is 5.91 Å². The summed E-state index contributed by atoms with van der Waals surface area (Å²) in [5.41, 5.74) is 2.23. The van der Waals surface area contributed by atoms with Crippen LogP contribution in [-0.2, 0) is 0 Å². The van der Waals surface area contributed by atoms with Gasteiger partial charge in [-0.15, -0.1) is 0 Å². The van der Waals surface area contributed by atoms with Gasteiger partial charge in [0.25, 0.3) is 5.91 Å². The van der Waals surface area contributed by atoms with Crippen molar-refractivity contribution in [3.63, 3.8) is 0 Å². The number of para-hydroxylation sites is 1. The number of nitriles is 1. The molecule has 2 aromatic carbocycles. The molecular formula is C16H14BrN3O. The molecule has 0 unspecified atom stereocenters. The number of hydrogen-bond acceptors (Lipinski definition) is 3. The maximum Gasteiger partial charge on any atom is 0.257 e. The minimum Gasteiger partial charge on any atom is -0.385 e. The second-order valence-corrected chi connectivity index (χ2v) is 5.25. The van der Waals surface area contributed by atoms with Crippen molar-refractivity contribution in [2.75, 3.05) is 17.2 Å². The van der Waals surface area contributed by atoms with Crippen molar-refractivity contribution in [1.29, 1.82) is 5.26 Å². The number of carbonyl (C=O) groups is 1. The molecule has 0 atom stereocenters. The predicted molar refractivity (Wildman–Crippen MR) is 87.4 cm³/mol. The lowest BCUT2D eigenvalue weighted by Gasteiger charge is -2.12. The van der Waals surface area contributed by atoms with Crippen LogP contribution in [0.4, 0.5) is 11.4 Å². The summed E-state index contributed by atoms with van der Waals surface area (Å²) in [5, 5.41) is 15.1. The van der Waals surface area contributed by atoms with Gasteiger partial charge in [0, 0.05) is 16.7 Å². The fourth-order valence-corrected chi connectivity index (χ4v) is 2.29. The largest absolute Gasteiger partial charge is 0.385 e. The molecule has 2 aromatic rings. The normalized spacial score (nSPS) is 9.76. The summed E-state index contributed by atoms with van der Waals surface area (Å²) in [4.78, 5) is 12.4. The second-order valence-electron chi connectivity index (χ2n) is 4.33. The minimum absolute atomic E-state index is 0.245. The van der Waals surface area contributed by atoms with E-state index in [1.807, 2.05) is 25.1 Å². The minimum atomic E-state index is -0.245. The smallest absolute Gasteiger partial charge is 0.257 e. The summed E-state index contributed by atoms with van der Waals surface area (Å²) in [6.07, 6.45) is 0. The third kappa shape index (κ3) is 3.61. The second kappa shape index (κ2) is 6.91. The quantitative estimate of drug-likeness (QED) is 0.881. The van der Waals surface area contributed by atoms with Crippen LogP contribution in [0.25, 0.3) is 0 Å². The van der Waals surface area contributed by atoms with Gasteiger partial charge >= 0.3 is 0 Å². The molecule has 0 aromatic heterocycles. The van der Waals surface area contributed by atoms with Gasteiger partial charge in [-0.05, 0) is 37.3 Å². The summed E-state index contributed by atoms with van der Waals surface area (Å²) in [7, 11) is 0. The van der Waals surface area contributed by atoms with Gasteiger partial charge < -0.3 is 10.6 Å². The SMILES string of the molecule is CCNc1ccccc1C(=O)Nc1ccc(Br)cc1C#N. The van der Waals surface area contributed by atoms with Crippen molar-refractivity contribution in [3.05, 3.63) is 58.1 Å². The highest BCUT2D eigenvalue weighted by atomic mass is 79.9. The number of rotatable bonds is 4. The average molecular weight is 344 g/mol. The van der Waals surface area contributed by atoms with Crippen LogP contribution in [0.1, 0.15) is 22.8 Å². The molecule has 1 amide bonds. The topological polar surface area (TPSA) is 64.9 Å². The van der Waals surface area contributed by atoms with Crippen molar-refractivity contribution in [2.45, 2.75) is 6.92 Å². The number of benzene rings is 2. The van der Waals surface area contributed by atoms with E-state index in [1.165, 1.54) is 0 Å². The molecule has 0 saturated carbocycles. The molecule has 106 valence electrons. The molecule has 0 heterocycles. The van der Waals surface area contributed by atoms with Gasteiger partial charge in [-0.1, -0.05) is 28.1 Å². The van der Waals surface area contributed by atoms with E-state index in [2.05, 4.69) is 32.6 Å². The Balaban J connectivity index is 2.29. The van der Waals surface area contributed by atoms with Crippen LogP contribution in [-0.4, -0.2) is 12.5 Å². The maximum atomic E-state index is 12.4. The zero-order chi connectivity index (χ0) is 15.2. The molecule has 0 radical (unpaired) electrons. The highest BCUT2D eigenvalue weighted by Crippen LogP contribution is 2.22. The van der Waals surface area contributed by atoms with Crippen molar-refractivity contribution in [1.82, 2.24) is 0 Å². The number of halogens is 1. The van der Waals surface area contributed by atoms with E-state index < -0.39 is 0 Å². The first-order valence-electron chi connectivity index (χ1n) is 6.49. The Bertz CT molecular complexity index is 707. The number of anilines is 2. The van der Waals surface area contributed by atoms with Crippen molar-refractivity contribution >= 4 is 33.2 Å². The summed E-state index contributed by atoms with van der Waals surface area (Å²) >= 11 is 3.31. The van der Waals surface area contributed by atoms with Crippen LogP contribution in [0.15, 0.2) is 46.9 Å². The Morgan fingerprint density at radius 1 is 1.24 bits per heavy atom. The van der Waals surface area contributed by atoms with E-state index >= 15 is 0 Å². The Morgan fingerprint density at radius 3 is 2.71 bits per heavy atom. The molecule has 21 heavy (non-hydrogen) atoms. The van der Waals surface area contributed by atoms with Crippen LogP contribution >= 0.6 is 15.9 Å². The zero-order valence-corrected chi connectivity index (χ0v) is 13.1. The molecule has 2 rings (SSSR count). The number of nitrogens with zero attached hydrogens (tertiary/aromatic N) is 1. The molecule has 0 spiro atoms.